The van der Waals surface area contributed by atoms with Crippen molar-refractivity contribution in [2.45, 2.75) is 10.1 Å². The van der Waals surface area contributed by atoms with Gasteiger partial charge in [-0.25, -0.2) is 9.78 Å². The van der Waals surface area contributed by atoms with Gasteiger partial charge in [-0.3, -0.25) is 5.10 Å². The van der Waals surface area contributed by atoms with Crippen LogP contribution in [-0.4, -0.2) is 26.3 Å². The third-order valence-electron chi connectivity index (χ3n) is 1.71. The maximum Gasteiger partial charge on any atom is 0.335 e. The van der Waals surface area contributed by atoms with Gasteiger partial charge in [-0.15, -0.1) is 0 Å². The van der Waals surface area contributed by atoms with Crippen molar-refractivity contribution in [2.75, 3.05) is 0 Å². The number of nitrogens with zero attached hydrogens (tertiary/aromatic N) is 2. The number of carboxylic acid groups (broad SMARTS) is 1. The second-order valence-corrected chi connectivity index (χ2v) is 3.78. The minimum absolute atomic E-state index is 0.275. The van der Waals surface area contributed by atoms with E-state index in [9.17, 15) is 4.79 Å². The van der Waals surface area contributed by atoms with Crippen molar-refractivity contribution in [3.8, 4) is 0 Å². The summed E-state index contributed by atoms with van der Waals surface area (Å²) in [5.74, 6) is -0.925. The van der Waals surface area contributed by atoms with Crippen LogP contribution in [-0.2, 0) is 0 Å². The fourth-order valence-electron chi connectivity index (χ4n) is 1.02. The molecule has 1 aromatic heterocycles. The monoisotopic (exact) mass is 221 g/mol. The molecule has 15 heavy (non-hydrogen) atoms. The Bertz CT molecular complexity index is 453. The zero-order valence-electron chi connectivity index (χ0n) is 7.54. The molecule has 0 aliphatic rings. The van der Waals surface area contributed by atoms with E-state index in [0.717, 1.165) is 4.90 Å². The van der Waals surface area contributed by atoms with Crippen LogP contribution >= 0.6 is 11.8 Å². The Morgan fingerprint density at radius 2 is 2.07 bits per heavy atom. The van der Waals surface area contributed by atoms with Gasteiger partial charge in [-0.1, -0.05) is 11.8 Å². The number of carbonyl (C=O) groups is 1. The maximum absolute atomic E-state index is 10.6. The Morgan fingerprint density at radius 1 is 1.33 bits per heavy atom. The summed E-state index contributed by atoms with van der Waals surface area (Å²) in [5, 5.41) is 15.8. The second-order valence-electron chi connectivity index (χ2n) is 2.72. The van der Waals surface area contributed by atoms with Crippen LogP contribution in [0, 0.1) is 0 Å². The average Bonchev–Trinajstić information content (AvgIpc) is 2.71. The fraction of sp³-hybridized carbons (Fsp3) is 0. The molecule has 0 saturated heterocycles. The van der Waals surface area contributed by atoms with Gasteiger partial charge in [0.15, 0.2) is 5.16 Å². The topological polar surface area (TPSA) is 78.9 Å². The van der Waals surface area contributed by atoms with Crippen molar-refractivity contribution in [2.24, 2.45) is 0 Å². The number of H-pyrrole nitrogens is 1. The molecule has 0 unspecified atom stereocenters. The van der Waals surface area contributed by atoms with Crippen molar-refractivity contribution in [3.63, 3.8) is 0 Å². The molecule has 0 spiro atoms. The lowest BCUT2D eigenvalue weighted by molar-refractivity contribution is 0.0697. The molecule has 1 heterocycles. The lowest BCUT2D eigenvalue weighted by Crippen LogP contribution is -1.94. The van der Waals surface area contributed by atoms with Gasteiger partial charge < -0.3 is 5.11 Å². The van der Waals surface area contributed by atoms with Crippen molar-refractivity contribution in [1.29, 1.82) is 0 Å². The van der Waals surface area contributed by atoms with E-state index in [1.165, 1.54) is 18.1 Å². The molecule has 0 saturated carbocycles. The molecule has 0 aliphatic heterocycles. The highest BCUT2D eigenvalue weighted by molar-refractivity contribution is 7.99. The lowest BCUT2D eigenvalue weighted by Gasteiger charge is -1.98. The largest absolute Gasteiger partial charge is 0.478 e. The number of rotatable bonds is 3. The lowest BCUT2D eigenvalue weighted by atomic mass is 10.2. The zero-order chi connectivity index (χ0) is 10.7. The molecule has 0 bridgehead atoms. The SMILES string of the molecule is O=C(O)c1ccc(Sc2ncn[nH]2)cc1. The highest BCUT2D eigenvalue weighted by Gasteiger charge is 2.03. The van der Waals surface area contributed by atoms with Crippen LogP contribution in [0.25, 0.3) is 0 Å². The van der Waals surface area contributed by atoms with Gasteiger partial charge in [0.1, 0.15) is 6.33 Å². The summed E-state index contributed by atoms with van der Waals surface area (Å²) < 4.78 is 0. The van der Waals surface area contributed by atoms with Gasteiger partial charge in [0.25, 0.3) is 0 Å². The predicted octanol–water partition coefficient (Wildman–Crippen LogP) is 1.65. The number of benzene rings is 1. The predicted molar refractivity (Wildman–Crippen MR) is 53.9 cm³/mol. The molecule has 0 radical (unpaired) electrons. The number of hydrogen-bond acceptors (Lipinski definition) is 4. The van der Waals surface area contributed by atoms with Crippen molar-refractivity contribution >= 4 is 17.7 Å². The van der Waals surface area contributed by atoms with Gasteiger partial charge >= 0.3 is 5.97 Å². The molecule has 0 fully saturated rings. The van der Waals surface area contributed by atoms with Crippen LogP contribution in [0.3, 0.4) is 0 Å². The first kappa shape index (κ1) is 9.72. The quantitative estimate of drug-likeness (QED) is 0.823. The number of nitrogens with one attached hydrogen (secondary N) is 1. The van der Waals surface area contributed by atoms with Crippen LogP contribution in [0.4, 0.5) is 0 Å². The molecule has 2 aromatic rings. The summed E-state index contributed by atoms with van der Waals surface area (Å²) in [6.45, 7) is 0. The molecular weight excluding hydrogens is 214 g/mol. The van der Waals surface area contributed by atoms with E-state index in [2.05, 4.69) is 15.2 Å². The number of aromatic carboxylic acids is 1. The molecule has 2 N–H and O–H groups in total. The Hall–Kier alpha value is -1.82. The summed E-state index contributed by atoms with van der Waals surface area (Å²) in [5.41, 5.74) is 0.275. The van der Waals surface area contributed by atoms with Crippen LogP contribution in [0.15, 0.2) is 40.6 Å². The van der Waals surface area contributed by atoms with Crippen molar-refractivity contribution in [1.82, 2.24) is 15.2 Å². The number of aromatic amines is 1. The fourth-order valence-corrected chi connectivity index (χ4v) is 1.71. The van der Waals surface area contributed by atoms with E-state index in [1.54, 1.807) is 24.3 Å². The molecule has 76 valence electrons. The molecule has 0 amide bonds. The van der Waals surface area contributed by atoms with Crippen molar-refractivity contribution in [3.05, 3.63) is 36.2 Å². The number of carboxylic acids is 1. The van der Waals surface area contributed by atoms with E-state index >= 15 is 0 Å². The minimum Gasteiger partial charge on any atom is -0.478 e. The van der Waals surface area contributed by atoms with E-state index in [4.69, 9.17) is 5.11 Å². The standard InChI is InChI=1S/C9H7N3O2S/c13-8(14)6-1-3-7(4-2-6)15-9-10-5-11-12-9/h1-5H,(H,13,14)(H,10,11,12). The van der Waals surface area contributed by atoms with E-state index in [1.807, 2.05) is 0 Å². The number of hydrogen-bond donors (Lipinski definition) is 2. The summed E-state index contributed by atoms with van der Waals surface area (Å²) >= 11 is 1.39. The van der Waals surface area contributed by atoms with Gasteiger partial charge in [0, 0.05) is 4.90 Å². The van der Waals surface area contributed by atoms with Gasteiger partial charge in [0.2, 0.25) is 0 Å². The van der Waals surface area contributed by atoms with Crippen LogP contribution < -0.4 is 0 Å². The van der Waals surface area contributed by atoms with E-state index in [0.29, 0.717) is 5.16 Å². The van der Waals surface area contributed by atoms with E-state index in [-0.39, 0.29) is 5.56 Å². The second kappa shape index (κ2) is 4.14. The van der Waals surface area contributed by atoms with Gasteiger partial charge in [0.05, 0.1) is 5.56 Å². The first-order chi connectivity index (χ1) is 7.25. The van der Waals surface area contributed by atoms with Crippen LogP contribution in [0.5, 0.6) is 0 Å². The third kappa shape index (κ3) is 2.35. The smallest absolute Gasteiger partial charge is 0.335 e. The maximum atomic E-state index is 10.6. The first-order valence-corrected chi connectivity index (χ1v) is 4.94. The Balaban J connectivity index is 2.14. The Labute approximate surface area is 89.5 Å². The Morgan fingerprint density at radius 3 is 2.60 bits per heavy atom. The molecule has 6 heteroatoms. The minimum atomic E-state index is -0.925. The molecular formula is C9H7N3O2S. The summed E-state index contributed by atoms with van der Waals surface area (Å²) in [4.78, 5) is 15.5. The summed E-state index contributed by atoms with van der Waals surface area (Å²) in [6.07, 6.45) is 1.42. The summed E-state index contributed by atoms with van der Waals surface area (Å²) in [7, 11) is 0. The zero-order valence-corrected chi connectivity index (χ0v) is 8.36. The molecule has 0 atom stereocenters. The molecule has 2 rings (SSSR count). The van der Waals surface area contributed by atoms with Crippen molar-refractivity contribution < 1.29 is 9.90 Å². The highest BCUT2D eigenvalue weighted by Crippen LogP contribution is 2.23. The first-order valence-electron chi connectivity index (χ1n) is 4.12. The molecule has 5 nitrogen and oxygen atoms in total. The summed E-state index contributed by atoms with van der Waals surface area (Å²) in [6, 6.07) is 6.58. The van der Waals surface area contributed by atoms with E-state index < -0.39 is 5.97 Å². The van der Waals surface area contributed by atoms with Gasteiger partial charge in [-0.2, -0.15) is 5.10 Å². The average molecular weight is 221 g/mol. The molecule has 0 aliphatic carbocycles. The van der Waals surface area contributed by atoms with Crippen LogP contribution in [0.1, 0.15) is 10.4 Å². The Kier molecular flexibility index (Phi) is 2.68. The van der Waals surface area contributed by atoms with Gasteiger partial charge in [-0.05, 0) is 24.3 Å². The third-order valence-corrected chi connectivity index (χ3v) is 2.61. The van der Waals surface area contributed by atoms with Crippen LogP contribution in [0.2, 0.25) is 0 Å². The normalized spacial score (nSPS) is 10.1. The molecule has 1 aromatic carbocycles. The number of aromatic nitrogens is 3. The highest BCUT2D eigenvalue weighted by atomic mass is 32.2.